The average Bonchev–Trinajstić information content (AvgIpc) is 2.86. The molecule has 3 rings (SSSR count). The van der Waals surface area contributed by atoms with Gasteiger partial charge in [0.2, 0.25) is 5.43 Å². The third-order valence-electron chi connectivity index (χ3n) is 3.90. The molecule has 23 heavy (non-hydrogen) atoms. The number of pyridine rings is 1. The first-order valence-corrected chi connectivity index (χ1v) is 8.92. The molecule has 0 unspecified atom stereocenters. The van der Waals surface area contributed by atoms with E-state index in [1.807, 2.05) is 0 Å². The Morgan fingerprint density at radius 2 is 2.17 bits per heavy atom. The highest BCUT2D eigenvalue weighted by Crippen LogP contribution is 2.17. The zero-order chi connectivity index (χ0) is 16.6. The second-order valence-electron chi connectivity index (χ2n) is 5.52. The average molecular weight is 336 g/mol. The molecule has 2 heterocycles. The third kappa shape index (κ3) is 3.07. The second-order valence-corrected chi connectivity index (χ2v) is 7.75. The Morgan fingerprint density at radius 1 is 1.39 bits per heavy atom. The third-order valence-corrected chi connectivity index (χ3v) is 5.67. The highest BCUT2D eigenvalue weighted by atomic mass is 32.2. The van der Waals surface area contributed by atoms with Gasteiger partial charge in [0, 0.05) is 23.1 Å². The van der Waals surface area contributed by atoms with Gasteiger partial charge in [-0.2, -0.15) is 0 Å². The molecule has 0 spiro atoms. The molecule has 0 bridgehead atoms. The van der Waals surface area contributed by atoms with E-state index in [9.17, 15) is 18.0 Å². The van der Waals surface area contributed by atoms with Gasteiger partial charge in [-0.25, -0.2) is 8.42 Å². The Labute approximate surface area is 132 Å². The number of sulfone groups is 1. The van der Waals surface area contributed by atoms with Crippen LogP contribution in [0.25, 0.3) is 10.9 Å². The molecule has 1 aliphatic rings. The van der Waals surface area contributed by atoms with Gasteiger partial charge in [-0.3, -0.25) is 9.59 Å². The van der Waals surface area contributed by atoms with Crippen LogP contribution < -0.4 is 15.5 Å². The molecule has 1 fully saturated rings. The molecule has 1 saturated heterocycles. The van der Waals surface area contributed by atoms with Crippen molar-refractivity contribution in [3.05, 3.63) is 40.2 Å². The van der Waals surface area contributed by atoms with Gasteiger partial charge in [-0.1, -0.05) is 0 Å². The van der Waals surface area contributed by atoms with E-state index in [0.29, 0.717) is 23.1 Å². The highest BCUT2D eigenvalue weighted by molar-refractivity contribution is 7.91. The fourth-order valence-corrected chi connectivity index (χ4v) is 4.34. The van der Waals surface area contributed by atoms with Crippen molar-refractivity contribution in [2.45, 2.75) is 12.5 Å². The van der Waals surface area contributed by atoms with Gasteiger partial charge in [0.25, 0.3) is 5.91 Å². The number of hydrogen-bond donors (Lipinski definition) is 2. The maximum atomic E-state index is 12.5. The highest BCUT2D eigenvalue weighted by Gasteiger charge is 2.29. The predicted octanol–water partition coefficient (Wildman–Crippen LogP) is 0.454. The molecule has 1 aliphatic heterocycles. The zero-order valence-corrected chi connectivity index (χ0v) is 13.3. The molecule has 2 N–H and O–H groups in total. The number of amides is 1. The molecule has 8 heteroatoms. The van der Waals surface area contributed by atoms with Gasteiger partial charge in [0.1, 0.15) is 11.3 Å². The van der Waals surface area contributed by atoms with Gasteiger partial charge < -0.3 is 15.0 Å². The largest absolute Gasteiger partial charge is 0.497 e. The number of aromatic nitrogens is 1. The molecule has 0 aliphatic carbocycles. The van der Waals surface area contributed by atoms with E-state index in [1.165, 1.54) is 13.3 Å². The molecule has 1 amide bonds. The lowest BCUT2D eigenvalue weighted by molar-refractivity contribution is 0.0940. The van der Waals surface area contributed by atoms with Crippen molar-refractivity contribution in [2.75, 3.05) is 18.6 Å². The van der Waals surface area contributed by atoms with Crippen LogP contribution in [-0.2, 0) is 9.84 Å². The number of nitrogens with one attached hydrogen (secondary N) is 2. The summed E-state index contributed by atoms with van der Waals surface area (Å²) in [5, 5.41) is 2.96. The van der Waals surface area contributed by atoms with Crippen molar-refractivity contribution in [1.82, 2.24) is 10.3 Å². The summed E-state index contributed by atoms with van der Waals surface area (Å²) in [4.78, 5) is 27.7. The minimum atomic E-state index is -3.09. The number of aromatic amines is 1. The number of rotatable bonds is 3. The van der Waals surface area contributed by atoms with Crippen LogP contribution in [0.15, 0.2) is 29.2 Å². The van der Waals surface area contributed by atoms with Gasteiger partial charge in [-0.15, -0.1) is 0 Å². The molecule has 7 nitrogen and oxygen atoms in total. The van der Waals surface area contributed by atoms with Crippen LogP contribution in [0, 0.1) is 0 Å². The lowest BCUT2D eigenvalue weighted by Crippen LogP contribution is -2.38. The summed E-state index contributed by atoms with van der Waals surface area (Å²) in [6, 6.07) is 4.51. The van der Waals surface area contributed by atoms with Gasteiger partial charge in [0.15, 0.2) is 9.84 Å². The number of fused-ring (bicyclic) bond motifs is 1. The lowest BCUT2D eigenvalue weighted by Gasteiger charge is -2.11. The number of methoxy groups -OCH3 is 1. The molecule has 1 atom stereocenters. The van der Waals surface area contributed by atoms with Crippen LogP contribution in [0.4, 0.5) is 0 Å². The zero-order valence-electron chi connectivity index (χ0n) is 12.5. The van der Waals surface area contributed by atoms with Crippen LogP contribution >= 0.6 is 0 Å². The maximum absolute atomic E-state index is 12.5. The smallest absolute Gasteiger partial charge is 0.257 e. The van der Waals surface area contributed by atoms with Crippen LogP contribution in [0.1, 0.15) is 16.8 Å². The molecule has 1 aromatic carbocycles. The molecule has 0 radical (unpaired) electrons. The maximum Gasteiger partial charge on any atom is 0.257 e. The Bertz CT molecular complexity index is 933. The first-order chi connectivity index (χ1) is 10.9. The van der Waals surface area contributed by atoms with Crippen LogP contribution in [0.3, 0.4) is 0 Å². The SMILES string of the molecule is COc1ccc2[nH]cc(C(=O)N[C@@H]3CCS(=O)(=O)C3)c(=O)c2c1. The summed E-state index contributed by atoms with van der Waals surface area (Å²) in [6.45, 7) is 0. The summed E-state index contributed by atoms with van der Waals surface area (Å²) in [5.74, 6) is -0.0816. The van der Waals surface area contributed by atoms with Crippen molar-refractivity contribution >= 4 is 26.6 Å². The summed E-state index contributed by atoms with van der Waals surface area (Å²) in [6.07, 6.45) is 1.71. The first kappa shape index (κ1) is 15.5. The minimum absolute atomic E-state index is 0.0462. The van der Waals surface area contributed by atoms with Crippen LogP contribution in [-0.4, -0.2) is 44.0 Å². The minimum Gasteiger partial charge on any atom is -0.497 e. The predicted molar refractivity (Wildman–Crippen MR) is 85.6 cm³/mol. The van der Waals surface area contributed by atoms with E-state index in [1.54, 1.807) is 18.2 Å². The van der Waals surface area contributed by atoms with Gasteiger partial charge >= 0.3 is 0 Å². The summed E-state index contributed by atoms with van der Waals surface area (Å²) in [7, 11) is -1.60. The van der Waals surface area contributed by atoms with Crippen molar-refractivity contribution in [3.8, 4) is 5.75 Å². The molecule has 122 valence electrons. The fraction of sp³-hybridized carbons (Fsp3) is 0.333. The lowest BCUT2D eigenvalue weighted by atomic mass is 10.1. The normalized spacial score (nSPS) is 19.6. The van der Waals surface area contributed by atoms with Crippen molar-refractivity contribution < 1.29 is 17.9 Å². The Balaban J connectivity index is 1.92. The summed E-state index contributed by atoms with van der Waals surface area (Å²) in [5.41, 5.74) is 0.127. The quantitative estimate of drug-likeness (QED) is 0.847. The Hall–Kier alpha value is -2.35. The van der Waals surface area contributed by atoms with E-state index >= 15 is 0 Å². The van der Waals surface area contributed by atoms with E-state index < -0.39 is 27.2 Å². The molecular formula is C15H16N2O5S. The number of benzene rings is 1. The van der Waals surface area contributed by atoms with E-state index in [2.05, 4.69) is 10.3 Å². The molecule has 2 aromatic rings. The monoisotopic (exact) mass is 336 g/mol. The van der Waals surface area contributed by atoms with Crippen molar-refractivity contribution in [3.63, 3.8) is 0 Å². The summed E-state index contributed by atoms with van der Waals surface area (Å²) < 4.78 is 28.0. The fourth-order valence-electron chi connectivity index (χ4n) is 2.67. The number of carbonyl (C=O) groups excluding carboxylic acids is 1. The second kappa shape index (κ2) is 5.69. The molecule has 1 aromatic heterocycles. The Kier molecular flexibility index (Phi) is 3.85. The van der Waals surface area contributed by atoms with Crippen LogP contribution in [0.5, 0.6) is 5.75 Å². The van der Waals surface area contributed by atoms with Crippen LogP contribution in [0.2, 0.25) is 0 Å². The first-order valence-electron chi connectivity index (χ1n) is 7.10. The number of H-pyrrole nitrogens is 1. The van der Waals surface area contributed by atoms with Gasteiger partial charge in [-0.05, 0) is 24.6 Å². The number of ether oxygens (including phenoxy) is 1. The van der Waals surface area contributed by atoms with Gasteiger partial charge in [0.05, 0.1) is 18.6 Å². The van der Waals surface area contributed by atoms with E-state index in [-0.39, 0.29) is 17.1 Å². The molecular weight excluding hydrogens is 320 g/mol. The number of hydrogen-bond acceptors (Lipinski definition) is 5. The van der Waals surface area contributed by atoms with Crippen molar-refractivity contribution in [2.24, 2.45) is 0 Å². The van der Waals surface area contributed by atoms with Crippen molar-refractivity contribution in [1.29, 1.82) is 0 Å². The topological polar surface area (TPSA) is 105 Å². The standard InChI is InChI=1S/C15H16N2O5S/c1-22-10-2-3-13-11(6-10)14(18)12(7-16-13)15(19)17-9-4-5-23(20,21)8-9/h2-3,6-7,9H,4-5,8H2,1H3,(H,16,18)(H,17,19)/t9-/m1/s1. The van der Waals surface area contributed by atoms with E-state index in [0.717, 1.165) is 0 Å². The Morgan fingerprint density at radius 3 is 2.83 bits per heavy atom. The van der Waals surface area contributed by atoms with E-state index in [4.69, 9.17) is 4.74 Å². The summed E-state index contributed by atoms with van der Waals surface area (Å²) >= 11 is 0. The molecule has 0 saturated carbocycles. The number of carbonyl (C=O) groups is 1.